The van der Waals surface area contributed by atoms with Crippen LogP contribution in [0.1, 0.15) is 56.1 Å². The van der Waals surface area contributed by atoms with Gasteiger partial charge in [0.05, 0.1) is 0 Å². The number of nitrogens with one attached hydrogen (secondary N) is 1. The maximum absolute atomic E-state index is 3.58. The maximum atomic E-state index is 3.58. The molecule has 0 amide bonds. The molecule has 1 aromatic carbocycles. The van der Waals surface area contributed by atoms with Crippen LogP contribution in [-0.2, 0) is 13.1 Å². The second kappa shape index (κ2) is 7.42. The summed E-state index contributed by atoms with van der Waals surface area (Å²) in [4.78, 5) is 2.51. The quantitative estimate of drug-likeness (QED) is 0.816. The van der Waals surface area contributed by atoms with Crippen molar-refractivity contribution < 1.29 is 0 Å². The van der Waals surface area contributed by atoms with Crippen molar-refractivity contribution in [2.45, 2.75) is 64.1 Å². The van der Waals surface area contributed by atoms with Gasteiger partial charge in [0.2, 0.25) is 0 Å². The van der Waals surface area contributed by atoms with Crippen molar-refractivity contribution in [1.29, 1.82) is 0 Å². The molecule has 2 aliphatic rings. The average molecular weight is 286 g/mol. The van der Waals surface area contributed by atoms with Crippen molar-refractivity contribution in [3.8, 4) is 0 Å². The van der Waals surface area contributed by atoms with E-state index in [4.69, 9.17) is 0 Å². The van der Waals surface area contributed by atoms with E-state index in [9.17, 15) is 0 Å². The summed E-state index contributed by atoms with van der Waals surface area (Å²) in [5.41, 5.74) is 2.86. The Morgan fingerprint density at radius 1 is 0.952 bits per heavy atom. The third-order valence-corrected chi connectivity index (χ3v) is 4.94. The van der Waals surface area contributed by atoms with Crippen LogP contribution in [0.15, 0.2) is 24.3 Å². The van der Waals surface area contributed by atoms with Crippen LogP contribution >= 0.6 is 0 Å². The molecule has 0 atom stereocenters. The predicted molar refractivity (Wildman–Crippen MR) is 89.2 cm³/mol. The Balaban J connectivity index is 1.42. The Labute approximate surface area is 129 Å². The second-order valence-corrected chi connectivity index (χ2v) is 7.17. The van der Waals surface area contributed by atoms with Crippen molar-refractivity contribution in [2.24, 2.45) is 5.92 Å². The van der Waals surface area contributed by atoms with E-state index in [1.54, 1.807) is 0 Å². The lowest BCUT2D eigenvalue weighted by Crippen LogP contribution is -2.26. The van der Waals surface area contributed by atoms with Gasteiger partial charge in [-0.15, -0.1) is 0 Å². The molecule has 2 aliphatic carbocycles. The molecule has 0 heterocycles. The summed E-state index contributed by atoms with van der Waals surface area (Å²) in [5.74, 6) is 0.936. The molecule has 116 valence electrons. The molecule has 0 saturated heterocycles. The molecular formula is C19H30N2. The fourth-order valence-corrected chi connectivity index (χ4v) is 3.50. The summed E-state index contributed by atoms with van der Waals surface area (Å²) in [5, 5.41) is 3.58. The molecule has 1 N–H and O–H groups in total. The van der Waals surface area contributed by atoms with Crippen LogP contribution in [0.3, 0.4) is 0 Å². The highest BCUT2D eigenvalue weighted by Crippen LogP contribution is 2.24. The summed E-state index contributed by atoms with van der Waals surface area (Å²) < 4.78 is 0. The van der Waals surface area contributed by atoms with E-state index in [2.05, 4.69) is 41.5 Å². The monoisotopic (exact) mass is 286 g/mol. The van der Waals surface area contributed by atoms with E-state index >= 15 is 0 Å². The maximum Gasteiger partial charge on any atom is 0.0230 e. The first-order valence-electron chi connectivity index (χ1n) is 8.79. The molecule has 2 heteroatoms. The summed E-state index contributed by atoms with van der Waals surface area (Å²) in [6, 6.07) is 9.99. The SMILES string of the molecule is CN(Cc1ccc(CNC2CC2)cc1)CC1CCCCC1. The summed E-state index contributed by atoms with van der Waals surface area (Å²) in [7, 11) is 2.27. The van der Waals surface area contributed by atoms with Crippen molar-refractivity contribution >= 4 is 0 Å². The first kappa shape index (κ1) is 15.1. The van der Waals surface area contributed by atoms with Crippen LogP contribution in [0.25, 0.3) is 0 Å². The Morgan fingerprint density at radius 2 is 1.62 bits per heavy atom. The van der Waals surface area contributed by atoms with Gasteiger partial charge in [-0.3, -0.25) is 0 Å². The molecule has 3 rings (SSSR count). The van der Waals surface area contributed by atoms with Crippen molar-refractivity contribution in [2.75, 3.05) is 13.6 Å². The molecule has 0 aliphatic heterocycles. The molecule has 0 bridgehead atoms. The van der Waals surface area contributed by atoms with Gasteiger partial charge in [0.15, 0.2) is 0 Å². The van der Waals surface area contributed by atoms with Crippen LogP contribution in [0.5, 0.6) is 0 Å². The van der Waals surface area contributed by atoms with Gasteiger partial charge >= 0.3 is 0 Å². The summed E-state index contributed by atoms with van der Waals surface area (Å²) in [6.07, 6.45) is 9.96. The van der Waals surface area contributed by atoms with Gasteiger partial charge in [0.1, 0.15) is 0 Å². The van der Waals surface area contributed by atoms with E-state index in [-0.39, 0.29) is 0 Å². The molecule has 0 spiro atoms. The van der Waals surface area contributed by atoms with Gasteiger partial charge in [-0.1, -0.05) is 43.5 Å². The highest BCUT2D eigenvalue weighted by Gasteiger charge is 2.19. The number of hydrogen-bond donors (Lipinski definition) is 1. The summed E-state index contributed by atoms with van der Waals surface area (Å²) >= 11 is 0. The molecule has 2 saturated carbocycles. The van der Waals surface area contributed by atoms with Crippen molar-refractivity contribution in [3.05, 3.63) is 35.4 Å². The summed E-state index contributed by atoms with van der Waals surface area (Å²) in [6.45, 7) is 3.39. The normalized spacial score (nSPS) is 20.1. The predicted octanol–water partition coefficient (Wildman–Crippen LogP) is 3.95. The van der Waals surface area contributed by atoms with E-state index in [0.29, 0.717) is 0 Å². The van der Waals surface area contributed by atoms with Crippen LogP contribution in [0, 0.1) is 5.92 Å². The minimum atomic E-state index is 0.798. The van der Waals surface area contributed by atoms with Gasteiger partial charge in [0, 0.05) is 25.7 Å². The van der Waals surface area contributed by atoms with Gasteiger partial charge in [0.25, 0.3) is 0 Å². The highest BCUT2D eigenvalue weighted by molar-refractivity contribution is 5.22. The van der Waals surface area contributed by atoms with Crippen LogP contribution in [-0.4, -0.2) is 24.5 Å². The van der Waals surface area contributed by atoms with E-state index in [1.165, 1.54) is 62.6 Å². The highest BCUT2D eigenvalue weighted by atomic mass is 15.1. The third-order valence-electron chi connectivity index (χ3n) is 4.94. The Hall–Kier alpha value is -0.860. The first-order valence-corrected chi connectivity index (χ1v) is 8.79. The smallest absolute Gasteiger partial charge is 0.0230 e. The number of rotatable bonds is 7. The molecule has 0 aromatic heterocycles. The zero-order valence-corrected chi connectivity index (χ0v) is 13.5. The second-order valence-electron chi connectivity index (χ2n) is 7.17. The minimum absolute atomic E-state index is 0.798. The molecule has 2 fully saturated rings. The van der Waals surface area contributed by atoms with E-state index in [0.717, 1.165) is 25.0 Å². The molecule has 1 aromatic rings. The molecule has 0 radical (unpaired) electrons. The number of nitrogens with zero attached hydrogens (tertiary/aromatic N) is 1. The van der Waals surface area contributed by atoms with Crippen LogP contribution in [0.4, 0.5) is 0 Å². The van der Waals surface area contributed by atoms with Gasteiger partial charge in [-0.25, -0.2) is 0 Å². The fourth-order valence-electron chi connectivity index (χ4n) is 3.50. The zero-order valence-electron chi connectivity index (χ0n) is 13.5. The lowest BCUT2D eigenvalue weighted by Gasteiger charge is -2.27. The zero-order chi connectivity index (χ0) is 14.5. The standard InChI is InChI=1S/C19H30N2/c1-21(14-17-5-3-2-4-6-17)15-18-9-7-16(8-10-18)13-20-19-11-12-19/h7-10,17,19-20H,2-6,11-15H2,1H3. The molecule has 2 nitrogen and oxygen atoms in total. The van der Waals surface area contributed by atoms with Gasteiger partial charge in [-0.05, 0) is 49.8 Å². The lowest BCUT2D eigenvalue weighted by atomic mass is 9.89. The molecular weight excluding hydrogens is 256 g/mol. The Morgan fingerprint density at radius 3 is 2.29 bits per heavy atom. The lowest BCUT2D eigenvalue weighted by molar-refractivity contribution is 0.228. The number of benzene rings is 1. The van der Waals surface area contributed by atoms with Crippen molar-refractivity contribution in [3.63, 3.8) is 0 Å². The largest absolute Gasteiger partial charge is 0.310 e. The van der Waals surface area contributed by atoms with E-state index in [1.807, 2.05) is 0 Å². The number of hydrogen-bond acceptors (Lipinski definition) is 2. The average Bonchev–Trinajstić information content (AvgIpc) is 3.32. The third kappa shape index (κ3) is 5.12. The van der Waals surface area contributed by atoms with E-state index < -0.39 is 0 Å². The van der Waals surface area contributed by atoms with Crippen LogP contribution < -0.4 is 5.32 Å². The minimum Gasteiger partial charge on any atom is -0.310 e. The van der Waals surface area contributed by atoms with Crippen molar-refractivity contribution in [1.82, 2.24) is 10.2 Å². The van der Waals surface area contributed by atoms with Gasteiger partial charge in [-0.2, -0.15) is 0 Å². The van der Waals surface area contributed by atoms with Gasteiger partial charge < -0.3 is 10.2 Å². The molecule has 21 heavy (non-hydrogen) atoms. The fraction of sp³-hybridized carbons (Fsp3) is 0.684. The Bertz CT molecular complexity index is 416. The first-order chi connectivity index (χ1) is 10.3. The molecule has 0 unspecified atom stereocenters. The van der Waals surface area contributed by atoms with Crippen LogP contribution in [0.2, 0.25) is 0 Å². The topological polar surface area (TPSA) is 15.3 Å². The Kier molecular flexibility index (Phi) is 5.32.